The largest absolute Gasteiger partial charge is 0.366 e. The number of hydrogen-bond acceptors (Lipinski definition) is 3. The average Bonchev–Trinajstić information content (AvgIpc) is 2.66. The van der Waals surface area contributed by atoms with E-state index in [0.717, 1.165) is 24.7 Å². The van der Waals surface area contributed by atoms with Crippen LogP contribution in [-0.4, -0.2) is 21.0 Å². The molecule has 0 aliphatic rings. The molecule has 17 heavy (non-hydrogen) atoms. The van der Waals surface area contributed by atoms with Crippen molar-refractivity contribution >= 4 is 5.82 Å². The highest BCUT2D eigenvalue weighted by Crippen LogP contribution is 2.12. The molecule has 1 rings (SSSR count). The molecule has 4 nitrogen and oxygen atoms in total. The fourth-order valence-corrected chi connectivity index (χ4v) is 1.90. The van der Waals surface area contributed by atoms with Gasteiger partial charge in [0.15, 0.2) is 0 Å². The Balaban J connectivity index is 2.34. The van der Waals surface area contributed by atoms with E-state index in [-0.39, 0.29) is 0 Å². The van der Waals surface area contributed by atoms with Gasteiger partial charge in [0.2, 0.25) is 0 Å². The maximum Gasteiger partial charge on any atom is 0.145 e. The van der Waals surface area contributed by atoms with Crippen molar-refractivity contribution in [3.8, 4) is 0 Å². The zero-order chi connectivity index (χ0) is 12.7. The highest BCUT2D eigenvalue weighted by molar-refractivity contribution is 5.32. The molecule has 0 spiro atoms. The number of rotatable bonds is 8. The van der Waals surface area contributed by atoms with E-state index in [1.54, 1.807) is 0 Å². The molecule has 0 aliphatic carbocycles. The maximum absolute atomic E-state index is 4.07. The standard InChI is InChI=1S/C13H26N4/c1-5-9-17-13(10-14-16-17)15-12(4)8-6-7-11(2)3/h10-12,15H,5-9H2,1-4H3. The Morgan fingerprint density at radius 3 is 2.71 bits per heavy atom. The van der Waals surface area contributed by atoms with Gasteiger partial charge < -0.3 is 5.32 Å². The predicted octanol–water partition coefficient (Wildman–Crippen LogP) is 3.31. The van der Waals surface area contributed by atoms with Gasteiger partial charge in [-0.2, -0.15) is 0 Å². The van der Waals surface area contributed by atoms with Gasteiger partial charge in [-0.15, -0.1) is 5.10 Å². The molecule has 0 aromatic carbocycles. The number of nitrogens with zero attached hydrogens (tertiary/aromatic N) is 3. The summed E-state index contributed by atoms with van der Waals surface area (Å²) in [5.41, 5.74) is 0. The van der Waals surface area contributed by atoms with Crippen LogP contribution in [0.2, 0.25) is 0 Å². The Bertz CT molecular complexity index is 306. The number of anilines is 1. The summed E-state index contributed by atoms with van der Waals surface area (Å²) in [7, 11) is 0. The van der Waals surface area contributed by atoms with Gasteiger partial charge in [0.05, 0.1) is 6.20 Å². The number of aryl methyl sites for hydroxylation is 1. The van der Waals surface area contributed by atoms with Crippen molar-refractivity contribution in [2.24, 2.45) is 5.92 Å². The first-order valence-corrected chi connectivity index (χ1v) is 6.78. The summed E-state index contributed by atoms with van der Waals surface area (Å²) in [4.78, 5) is 0. The fraction of sp³-hybridized carbons (Fsp3) is 0.846. The van der Waals surface area contributed by atoms with Gasteiger partial charge in [-0.1, -0.05) is 38.8 Å². The van der Waals surface area contributed by atoms with Gasteiger partial charge in [-0.05, 0) is 25.7 Å². The van der Waals surface area contributed by atoms with Crippen molar-refractivity contribution < 1.29 is 0 Å². The first-order chi connectivity index (χ1) is 8.13. The van der Waals surface area contributed by atoms with Crippen molar-refractivity contribution in [2.45, 2.75) is 66.0 Å². The van der Waals surface area contributed by atoms with Gasteiger partial charge in [0, 0.05) is 12.6 Å². The molecule has 1 aromatic rings. The second-order valence-electron chi connectivity index (χ2n) is 5.21. The molecule has 0 radical (unpaired) electrons. The minimum Gasteiger partial charge on any atom is -0.366 e. The summed E-state index contributed by atoms with van der Waals surface area (Å²) >= 11 is 0. The van der Waals surface area contributed by atoms with E-state index in [1.165, 1.54) is 19.3 Å². The molecule has 1 unspecified atom stereocenters. The lowest BCUT2D eigenvalue weighted by atomic mass is 10.0. The fourth-order valence-electron chi connectivity index (χ4n) is 1.90. The molecule has 1 heterocycles. The first kappa shape index (κ1) is 14.0. The Morgan fingerprint density at radius 2 is 2.06 bits per heavy atom. The van der Waals surface area contributed by atoms with Crippen LogP contribution in [0.3, 0.4) is 0 Å². The summed E-state index contributed by atoms with van der Waals surface area (Å²) in [5.74, 6) is 1.85. The first-order valence-electron chi connectivity index (χ1n) is 6.78. The van der Waals surface area contributed by atoms with E-state index in [4.69, 9.17) is 0 Å². The van der Waals surface area contributed by atoms with E-state index in [0.29, 0.717) is 6.04 Å². The highest BCUT2D eigenvalue weighted by Gasteiger charge is 2.07. The van der Waals surface area contributed by atoms with Gasteiger partial charge in [-0.25, -0.2) is 4.68 Å². The SMILES string of the molecule is CCCn1nncc1NC(C)CCCC(C)C. The third kappa shape index (κ3) is 5.20. The lowest BCUT2D eigenvalue weighted by Crippen LogP contribution is -2.18. The third-order valence-corrected chi connectivity index (χ3v) is 2.87. The smallest absolute Gasteiger partial charge is 0.145 e. The van der Waals surface area contributed by atoms with Gasteiger partial charge in [0.25, 0.3) is 0 Å². The average molecular weight is 238 g/mol. The second-order valence-corrected chi connectivity index (χ2v) is 5.21. The molecule has 4 heteroatoms. The van der Waals surface area contributed by atoms with Crippen LogP contribution in [-0.2, 0) is 6.54 Å². The van der Waals surface area contributed by atoms with Crippen LogP contribution in [0, 0.1) is 5.92 Å². The molecule has 0 amide bonds. The summed E-state index contributed by atoms with van der Waals surface area (Å²) in [5, 5.41) is 11.5. The molecule has 1 N–H and O–H groups in total. The molecule has 1 atom stereocenters. The lowest BCUT2D eigenvalue weighted by Gasteiger charge is -2.15. The number of nitrogens with one attached hydrogen (secondary N) is 1. The second kappa shape index (κ2) is 7.30. The van der Waals surface area contributed by atoms with Crippen LogP contribution in [0.4, 0.5) is 5.82 Å². The highest BCUT2D eigenvalue weighted by atomic mass is 15.5. The molecule has 0 aliphatic heterocycles. The maximum atomic E-state index is 4.07. The van der Waals surface area contributed by atoms with E-state index < -0.39 is 0 Å². The van der Waals surface area contributed by atoms with Crippen LogP contribution in [0.25, 0.3) is 0 Å². The van der Waals surface area contributed by atoms with Crippen LogP contribution >= 0.6 is 0 Å². The van der Waals surface area contributed by atoms with Crippen molar-refractivity contribution in [1.29, 1.82) is 0 Å². The van der Waals surface area contributed by atoms with E-state index in [2.05, 4.69) is 43.3 Å². The van der Waals surface area contributed by atoms with Crippen LogP contribution in [0.5, 0.6) is 0 Å². The zero-order valence-electron chi connectivity index (χ0n) is 11.6. The van der Waals surface area contributed by atoms with Crippen LogP contribution in [0.1, 0.15) is 53.4 Å². The number of aromatic nitrogens is 3. The van der Waals surface area contributed by atoms with E-state index in [1.807, 2.05) is 10.9 Å². The van der Waals surface area contributed by atoms with Crippen LogP contribution < -0.4 is 5.32 Å². The van der Waals surface area contributed by atoms with Crippen molar-refractivity contribution in [2.75, 3.05) is 5.32 Å². The van der Waals surface area contributed by atoms with Crippen molar-refractivity contribution in [3.63, 3.8) is 0 Å². The predicted molar refractivity (Wildman–Crippen MR) is 72.1 cm³/mol. The minimum absolute atomic E-state index is 0.489. The third-order valence-electron chi connectivity index (χ3n) is 2.87. The van der Waals surface area contributed by atoms with E-state index >= 15 is 0 Å². The lowest BCUT2D eigenvalue weighted by molar-refractivity contribution is 0.516. The molecule has 0 saturated heterocycles. The van der Waals surface area contributed by atoms with Gasteiger partial charge >= 0.3 is 0 Å². The normalized spacial score (nSPS) is 13.0. The number of hydrogen-bond donors (Lipinski definition) is 1. The van der Waals surface area contributed by atoms with Gasteiger partial charge in [0.1, 0.15) is 5.82 Å². The Kier molecular flexibility index (Phi) is 6.01. The van der Waals surface area contributed by atoms with Crippen molar-refractivity contribution in [1.82, 2.24) is 15.0 Å². The summed E-state index contributed by atoms with van der Waals surface area (Å²) in [6.45, 7) is 9.86. The summed E-state index contributed by atoms with van der Waals surface area (Å²) in [6.07, 6.45) is 6.68. The molecular weight excluding hydrogens is 212 g/mol. The van der Waals surface area contributed by atoms with Crippen molar-refractivity contribution in [3.05, 3.63) is 6.20 Å². The van der Waals surface area contributed by atoms with Crippen LogP contribution in [0.15, 0.2) is 6.20 Å². The van der Waals surface area contributed by atoms with E-state index in [9.17, 15) is 0 Å². The molecule has 98 valence electrons. The minimum atomic E-state index is 0.489. The molecule has 0 bridgehead atoms. The monoisotopic (exact) mass is 238 g/mol. The molecule has 0 saturated carbocycles. The molecular formula is C13H26N4. The Labute approximate surface area is 105 Å². The molecule has 1 aromatic heterocycles. The summed E-state index contributed by atoms with van der Waals surface area (Å²) in [6, 6.07) is 0.489. The topological polar surface area (TPSA) is 42.7 Å². The summed E-state index contributed by atoms with van der Waals surface area (Å²) < 4.78 is 1.94. The Hall–Kier alpha value is -1.06. The molecule has 0 fully saturated rings. The Morgan fingerprint density at radius 1 is 1.29 bits per heavy atom. The quantitative estimate of drug-likeness (QED) is 0.755. The van der Waals surface area contributed by atoms with Gasteiger partial charge in [-0.3, -0.25) is 0 Å². The zero-order valence-corrected chi connectivity index (χ0v) is 11.6.